The van der Waals surface area contributed by atoms with E-state index < -0.39 is 46.6 Å². The van der Waals surface area contributed by atoms with Crippen LogP contribution in [-0.2, 0) is 42.8 Å². The number of hydrogen-bond acceptors (Lipinski definition) is 7. The van der Waals surface area contributed by atoms with Gasteiger partial charge in [0.15, 0.2) is 0 Å². The van der Waals surface area contributed by atoms with Gasteiger partial charge in [-0.05, 0) is 90.5 Å². The third-order valence-corrected chi connectivity index (χ3v) is 11.8. The summed E-state index contributed by atoms with van der Waals surface area (Å²) in [7, 11) is -1.14. The molecular weight excluding hydrogens is 651 g/mol. The van der Waals surface area contributed by atoms with Crippen molar-refractivity contribution in [3.05, 3.63) is 83.9 Å². The first kappa shape index (κ1) is 35.9. The molecule has 11 heteroatoms. The Morgan fingerprint density at radius 1 is 0.760 bits per heavy atom. The van der Waals surface area contributed by atoms with Crippen LogP contribution in [0.4, 0.5) is 0 Å². The van der Waals surface area contributed by atoms with E-state index in [4.69, 9.17) is 11.5 Å². The van der Waals surface area contributed by atoms with Gasteiger partial charge in [-0.25, -0.2) is 0 Å². The summed E-state index contributed by atoms with van der Waals surface area (Å²) in [5.74, 6) is -0.117. The molecule has 3 aromatic carbocycles. The molecule has 4 saturated carbocycles. The number of imide groups is 1. The zero-order valence-electron chi connectivity index (χ0n) is 28.7. The highest BCUT2D eigenvalue weighted by Gasteiger charge is 2.53. The van der Waals surface area contributed by atoms with Crippen LogP contribution in [0, 0.1) is 23.7 Å². The fraction of sp³-hybridized carbons (Fsp3) is 0.487. The first-order valence-electron chi connectivity index (χ1n) is 17.8. The van der Waals surface area contributed by atoms with Gasteiger partial charge in [0, 0.05) is 35.3 Å². The van der Waals surface area contributed by atoms with Gasteiger partial charge in [0.25, 0.3) is 0 Å². The maximum Gasteiger partial charge on any atom is 0.249 e. The second kappa shape index (κ2) is 16.0. The molecule has 266 valence electrons. The number of fused-ring (bicyclic) bond motifs is 1. The smallest absolute Gasteiger partial charge is 0.249 e. The van der Waals surface area contributed by atoms with Crippen molar-refractivity contribution in [1.29, 1.82) is 0 Å². The number of amides is 4. The topological polar surface area (TPSA) is 165 Å². The summed E-state index contributed by atoms with van der Waals surface area (Å²) < 4.78 is 11.6. The number of rotatable bonds is 14. The average molecular weight is 700 g/mol. The van der Waals surface area contributed by atoms with E-state index in [1.54, 1.807) is 4.90 Å². The van der Waals surface area contributed by atoms with E-state index in [0.717, 1.165) is 47.6 Å². The zero-order chi connectivity index (χ0) is 35.4. The lowest BCUT2D eigenvalue weighted by atomic mass is 9.53. The largest absolute Gasteiger partial charge is 0.346 e. The Kier molecular flexibility index (Phi) is 11.4. The Balaban J connectivity index is 1.23. The number of benzene rings is 3. The molecule has 0 saturated heterocycles. The molecule has 4 aliphatic rings. The molecule has 0 spiro atoms. The van der Waals surface area contributed by atoms with Gasteiger partial charge in [-0.3, -0.25) is 28.7 Å². The highest BCUT2D eigenvalue weighted by atomic mass is 32.2. The Morgan fingerprint density at radius 3 is 2.06 bits per heavy atom. The van der Waals surface area contributed by atoms with Gasteiger partial charge in [-0.1, -0.05) is 72.8 Å². The van der Waals surface area contributed by atoms with Crippen molar-refractivity contribution >= 4 is 45.2 Å². The molecular formula is C39H49N5O5S. The summed E-state index contributed by atoms with van der Waals surface area (Å²) >= 11 is 0. The molecule has 0 aromatic heterocycles. The van der Waals surface area contributed by atoms with E-state index in [2.05, 4.69) is 10.6 Å². The molecule has 4 fully saturated rings. The molecule has 0 heterocycles. The number of hydrogen-bond donors (Lipinski definition) is 4. The minimum atomic E-state index is -1.14. The van der Waals surface area contributed by atoms with Crippen LogP contribution in [0.5, 0.6) is 0 Å². The minimum absolute atomic E-state index is 0.162. The molecule has 50 heavy (non-hydrogen) atoms. The summed E-state index contributed by atoms with van der Waals surface area (Å²) in [6.45, 7) is -0.318. The molecule has 4 atom stereocenters. The molecule has 7 rings (SSSR count). The van der Waals surface area contributed by atoms with Gasteiger partial charge in [0.2, 0.25) is 23.6 Å². The molecule has 0 aliphatic heterocycles. The second-order valence-electron chi connectivity index (χ2n) is 14.7. The Bertz CT molecular complexity index is 1710. The lowest BCUT2D eigenvalue weighted by Gasteiger charge is -2.58. The number of nitrogens with two attached hydrogens (primary N) is 2. The minimum Gasteiger partial charge on any atom is -0.346 e. The van der Waals surface area contributed by atoms with Gasteiger partial charge < -0.3 is 21.7 Å². The molecule has 2 unspecified atom stereocenters. The van der Waals surface area contributed by atoms with E-state index in [9.17, 15) is 23.4 Å². The zero-order valence-corrected chi connectivity index (χ0v) is 29.5. The van der Waals surface area contributed by atoms with Gasteiger partial charge in [0.1, 0.15) is 6.04 Å². The van der Waals surface area contributed by atoms with Crippen molar-refractivity contribution in [2.45, 2.75) is 75.5 Å². The molecule has 4 bridgehead atoms. The predicted octanol–water partition coefficient (Wildman–Crippen LogP) is 2.83. The number of carbonyl (C=O) groups is 4. The van der Waals surface area contributed by atoms with Crippen LogP contribution in [0.25, 0.3) is 10.8 Å². The van der Waals surface area contributed by atoms with E-state index in [-0.39, 0.29) is 48.9 Å². The van der Waals surface area contributed by atoms with Crippen molar-refractivity contribution in [2.24, 2.45) is 35.1 Å². The first-order chi connectivity index (χ1) is 24.0. The van der Waals surface area contributed by atoms with E-state index >= 15 is 0 Å². The Labute approximate surface area is 296 Å². The van der Waals surface area contributed by atoms with Crippen molar-refractivity contribution in [3.63, 3.8) is 0 Å². The van der Waals surface area contributed by atoms with Gasteiger partial charge >= 0.3 is 0 Å². The molecule has 0 radical (unpaired) electrons. The summed E-state index contributed by atoms with van der Waals surface area (Å²) in [5, 5.41) is 7.44. The molecule has 4 amide bonds. The summed E-state index contributed by atoms with van der Waals surface area (Å²) in [4.78, 5) is 56.8. The number of nitrogens with zero attached hydrogens (tertiary/aromatic N) is 1. The van der Waals surface area contributed by atoms with Crippen molar-refractivity contribution < 1.29 is 23.4 Å². The third-order valence-electron chi connectivity index (χ3n) is 11.0. The van der Waals surface area contributed by atoms with Crippen LogP contribution in [0.3, 0.4) is 0 Å². The number of carbonyl (C=O) groups excluding carboxylic acids is 4. The first-order valence-corrected chi connectivity index (χ1v) is 19.5. The van der Waals surface area contributed by atoms with Crippen molar-refractivity contribution in [2.75, 3.05) is 18.6 Å². The van der Waals surface area contributed by atoms with Crippen LogP contribution < -0.4 is 22.1 Å². The summed E-state index contributed by atoms with van der Waals surface area (Å²) in [6, 6.07) is 20.3. The van der Waals surface area contributed by atoms with Gasteiger partial charge in [-0.2, -0.15) is 0 Å². The Hall–Kier alpha value is -3.93. The SMILES string of the molecule is CS(=O)CCC(N)C(=O)NC(=O)[C@H](Cc1ccccc1)N(C(=O)CNC(=O)[C@@H](N)Cc1ccc2ccccc2c1)C1C2CC3CC(C2)CC1C3. The highest BCUT2D eigenvalue weighted by molar-refractivity contribution is 7.84. The number of nitrogens with one attached hydrogen (secondary N) is 2. The highest BCUT2D eigenvalue weighted by Crippen LogP contribution is 2.55. The summed E-state index contributed by atoms with van der Waals surface area (Å²) in [6.07, 6.45) is 7.43. The van der Waals surface area contributed by atoms with Crippen LogP contribution in [-0.4, -0.2) is 75.5 Å². The van der Waals surface area contributed by atoms with E-state index in [1.807, 2.05) is 72.8 Å². The molecule has 4 aliphatic carbocycles. The summed E-state index contributed by atoms with van der Waals surface area (Å²) in [5.41, 5.74) is 14.2. The fourth-order valence-electron chi connectivity index (χ4n) is 8.87. The normalized spacial score (nSPS) is 24.6. The van der Waals surface area contributed by atoms with Crippen molar-refractivity contribution in [1.82, 2.24) is 15.5 Å². The third kappa shape index (κ3) is 8.50. The fourth-order valence-corrected chi connectivity index (χ4v) is 9.46. The van der Waals surface area contributed by atoms with Gasteiger partial charge in [0.05, 0.1) is 18.6 Å². The molecule has 6 N–H and O–H groups in total. The lowest BCUT2D eigenvalue weighted by molar-refractivity contribution is -0.155. The van der Waals surface area contributed by atoms with Crippen molar-refractivity contribution in [3.8, 4) is 0 Å². The van der Waals surface area contributed by atoms with Crippen LogP contribution in [0.15, 0.2) is 72.8 Å². The average Bonchev–Trinajstić information content (AvgIpc) is 3.10. The lowest BCUT2D eigenvalue weighted by Crippen LogP contribution is -2.65. The Morgan fingerprint density at radius 2 is 1.40 bits per heavy atom. The maximum absolute atomic E-state index is 14.5. The quantitative estimate of drug-likeness (QED) is 0.201. The van der Waals surface area contributed by atoms with E-state index in [0.29, 0.717) is 18.3 Å². The second-order valence-corrected chi connectivity index (χ2v) is 16.2. The monoisotopic (exact) mass is 699 g/mol. The standard InChI is InChI=1S/C39H49N5O5S/c1-50(49)14-13-32(40)38(47)43-39(48)34(22-24-7-3-2-4-8-24)44(36-30-17-26-15-27(19-30)20-31(36)18-26)35(45)23-42-37(46)33(41)21-25-11-12-28-9-5-6-10-29(28)16-25/h2-12,16,26-27,30-34,36H,13-15,17-23,40-41H2,1H3,(H,42,46)(H,43,47,48)/t26?,27?,30?,31?,32?,33-,34-,36?,50?/m0/s1. The van der Waals surface area contributed by atoms with Crippen LogP contribution >= 0.6 is 0 Å². The molecule has 10 nitrogen and oxygen atoms in total. The molecule has 3 aromatic rings. The van der Waals surface area contributed by atoms with Crippen LogP contribution in [0.1, 0.15) is 49.7 Å². The predicted molar refractivity (Wildman–Crippen MR) is 195 cm³/mol. The van der Waals surface area contributed by atoms with Crippen LogP contribution in [0.2, 0.25) is 0 Å². The maximum atomic E-state index is 14.5. The van der Waals surface area contributed by atoms with Gasteiger partial charge in [-0.15, -0.1) is 0 Å². The van der Waals surface area contributed by atoms with E-state index in [1.165, 1.54) is 12.7 Å².